The minimum atomic E-state index is -0.300. The molecule has 2 amide bonds. The molecule has 0 aromatic heterocycles. The number of nitrogens with one attached hydrogen (secondary N) is 1. The van der Waals surface area contributed by atoms with Crippen LogP contribution in [-0.2, 0) is 0 Å². The molecule has 0 spiro atoms. The van der Waals surface area contributed by atoms with Crippen molar-refractivity contribution in [2.24, 2.45) is 5.73 Å². The minimum Gasteiger partial charge on any atom is -0.351 e. The molecule has 1 aliphatic heterocycles. The third kappa shape index (κ3) is 2.85. The van der Waals surface area contributed by atoms with Crippen LogP contribution in [0.15, 0.2) is 0 Å². The van der Waals surface area contributed by atoms with Gasteiger partial charge in [-0.05, 0) is 14.0 Å². The van der Waals surface area contributed by atoms with Gasteiger partial charge >= 0.3 is 6.03 Å². The lowest BCUT2D eigenvalue weighted by Gasteiger charge is -2.37. The van der Waals surface area contributed by atoms with Gasteiger partial charge in [-0.3, -0.25) is 4.90 Å². The Bertz CT molecular complexity index is 189. The number of primary amides is 1. The second-order valence-electron chi connectivity index (χ2n) is 3.77. The van der Waals surface area contributed by atoms with Crippen molar-refractivity contribution >= 4 is 6.03 Å². The average Bonchev–Trinajstić information content (AvgIpc) is 2.18. The number of nitrogens with two attached hydrogens (primary N) is 1. The molecule has 1 rings (SSSR count). The fourth-order valence-corrected chi connectivity index (χ4v) is 1.81. The Morgan fingerprint density at radius 1 is 1.43 bits per heavy atom. The zero-order valence-electron chi connectivity index (χ0n) is 8.99. The molecule has 0 aromatic rings. The van der Waals surface area contributed by atoms with Crippen molar-refractivity contribution in [2.45, 2.75) is 13.0 Å². The minimum absolute atomic E-state index is 0.300. The van der Waals surface area contributed by atoms with Gasteiger partial charge in [0.1, 0.15) is 0 Å². The summed E-state index contributed by atoms with van der Waals surface area (Å²) < 4.78 is 0. The van der Waals surface area contributed by atoms with Gasteiger partial charge in [0.25, 0.3) is 0 Å². The summed E-state index contributed by atoms with van der Waals surface area (Å²) in [5, 5.41) is 3.15. The molecule has 1 unspecified atom stereocenters. The summed E-state index contributed by atoms with van der Waals surface area (Å²) in [4.78, 5) is 14.9. The number of nitrogens with zero attached hydrogens (tertiary/aromatic N) is 2. The van der Waals surface area contributed by atoms with Crippen LogP contribution in [0.3, 0.4) is 0 Å². The van der Waals surface area contributed by atoms with Crippen LogP contribution in [0.4, 0.5) is 4.79 Å². The molecule has 1 aliphatic rings. The van der Waals surface area contributed by atoms with E-state index < -0.39 is 0 Å². The van der Waals surface area contributed by atoms with Gasteiger partial charge in [0.05, 0.1) is 0 Å². The maximum atomic E-state index is 10.9. The molecule has 0 bridgehead atoms. The molecule has 1 fully saturated rings. The van der Waals surface area contributed by atoms with Gasteiger partial charge in [-0.15, -0.1) is 0 Å². The zero-order valence-corrected chi connectivity index (χ0v) is 8.99. The quantitative estimate of drug-likeness (QED) is 0.632. The van der Waals surface area contributed by atoms with E-state index in [1.54, 1.807) is 4.90 Å². The Morgan fingerprint density at radius 2 is 2.00 bits per heavy atom. The molecular weight excluding hydrogens is 180 g/mol. The van der Waals surface area contributed by atoms with Crippen LogP contribution in [0.5, 0.6) is 0 Å². The van der Waals surface area contributed by atoms with E-state index in [1.807, 2.05) is 7.05 Å². The summed E-state index contributed by atoms with van der Waals surface area (Å²) in [6.45, 7) is 6.53. The lowest BCUT2D eigenvalue weighted by Crippen LogP contribution is -2.54. The molecule has 1 heterocycles. The first-order valence-electron chi connectivity index (χ1n) is 5.08. The number of piperazine rings is 1. The van der Waals surface area contributed by atoms with Crippen LogP contribution in [-0.4, -0.2) is 61.6 Å². The second kappa shape index (κ2) is 5.17. The van der Waals surface area contributed by atoms with Gasteiger partial charge in [0, 0.05) is 38.8 Å². The van der Waals surface area contributed by atoms with Crippen LogP contribution in [0.2, 0.25) is 0 Å². The Balaban J connectivity index is 2.31. The summed E-state index contributed by atoms with van der Waals surface area (Å²) >= 11 is 0. The van der Waals surface area contributed by atoms with Crippen LogP contribution >= 0.6 is 0 Å². The van der Waals surface area contributed by atoms with Crippen molar-refractivity contribution in [1.82, 2.24) is 15.1 Å². The van der Waals surface area contributed by atoms with Gasteiger partial charge in [-0.25, -0.2) is 4.79 Å². The molecule has 5 heteroatoms. The van der Waals surface area contributed by atoms with Crippen molar-refractivity contribution in [2.75, 3.05) is 39.8 Å². The smallest absolute Gasteiger partial charge is 0.314 e. The summed E-state index contributed by atoms with van der Waals surface area (Å²) in [6, 6.07) is 0.223. The molecular formula is C9H20N4O. The standard InChI is InChI=1S/C9H20N4O/c1-8(7-11-2)12-3-5-13(6-4-12)9(10)14/h8,11H,3-7H2,1-2H3,(H2,10,14). The number of urea groups is 1. The molecule has 0 radical (unpaired) electrons. The largest absolute Gasteiger partial charge is 0.351 e. The number of rotatable bonds is 3. The maximum Gasteiger partial charge on any atom is 0.314 e. The van der Waals surface area contributed by atoms with Crippen LogP contribution in [0.25, 0.3) is 0 Å². The molecule has 1 atom stereocenters. The highest BCUT2D eigenvalue weighted by Crippen LogP contribution is 2.05. The van der Waals surface area contributed by atoms with Gasteiger partial charge in [-0.1, -0.05) is 0 Å². The van der Waals surface area contributed by atoms with E-state index in [-0.39, 0.29) is 6.03 Å². The number of hydrogen-bond donors (Lipinski definition) is 2. The predicted molar refractivity (Wildman–Crippen MR) is 56.1 cm³/mol. The first-order chi connectivity index (χ1) is 6.65. The zero-order chi connectivity index (χ0) is 10.6. The lowest BCUT2D eigenvalue weighted by molar-refractivity contribution is 0.117. The summed E-state index contributed by atoms with van der Waals surface area (Å²) in [7, 11) is 1.95. The maximum absolute atomic E-state index is 10.9. The SMILES string of the molecule is CNCC(C)N1CCN(C(N)=O)CC1. The number of carbonyl (C=O) groups excluding carboxylic acids is 1. The van der Waals surface area contributed by atoms with E-state index in [9.17, 15) is 4.79 Å². The van der Waals surface area contributed by atoms with Gasteiger partial charge in [-0.2, -0.15) is 0 Å². The Kier molecular flexibility index (Phi) is 4.16. The van der Waals surface area contributed by atoms with Crippen molar-refractivity contribution in [3.05, 3.63) is 0 Å². The predicted octanol–water partition coefficient (Wildman–Crippen LogP) is -0.709. The third-order valence-electron chi connectivity index (χ3n) is 2.75. The Morgan fingerprint density at radius 3 is 2.43 bits per heavy atom. The summed E-state index contributed by atoms with van der Waals surface area (Å²) in [6.07, 6.45) is 0. The first kappa shape index (κ1) is 11.3. The third-order valence-corrected chi connectivity index (χ3v) is 2.75. The lowest BCUT2D eigenvalue weighted by atomic mass is 10.2. The summed E-state index contributed by atoms with van der Waals surface area (Å²) in [5.74, 6) is 0. The van der Waals surface area contributed by atoms with Crippen molar-refractivity contribution in [3.63, 3.8) is 0 Å². The van der Waals surface area contributed by atoms with E-state index in [0.717, 1.165) is 32.7 Å². The first-order valence-corrected chi connectivity index (χ1v) is 5.08. The molecule has 1 saturated heterocycles. The molecule has 0 saturated carbocycles. The van der Waals surface area contributed by atoms with Crippen molar-refractivity contribution in [3.8, 4) is 0 Å². The number of hydrogen-bond acceptors (Lipinski definition) is 3. The number of carbonyl (C=O) groups is 1. The van der Waals surface area contributed by atoms with E-state index in [2.05, 4.69) is 17.1 Å². The molecule has 3 N–H and O–H groups in total. The van der Waals surface area contributed by atoms with Crippen molar-refractivity contribution in [1.29, 1.82) is 0 Å². The van der Waals surface area contributed by atoms with E-state index in [4.69, 9.17) is 5.73 Å². The van der Waals surface area contributed by atoms with Crippen LogP contribution < -0.4 is 11.1 Å². The molecule has 82 valence electrons. The van der Waals surface area contributed by atoms with Gasteiger partial charge in [0.15, 0.2) is 0 Å². The average molecular weight is 200 g/mol. The fourth-order valence-electron chi connectivity index (χ4n) is 1.81. The Labute approximate surface area is 85.2 Å². The normalized spacial score (nSPS) is 20.9. The molecule has 5 nitrogen and oxygen atoms in total. The molecule has 0 aliphatic carbocycles. The highest BCUT2D eigenvalue weighted by atomic mass is 16.2. The number of amides is 2. The monoisotopic (exact) mass is 200 g/mol. The van der Waals surface area contributed by atoms with E-state index in [1.165, 1.54) is 0 Å². The molecule has 0 aromatic carbocycles. The highest BCUT2D eigenvalue weighted by molar-refractivity contribution is 5.72. The van der Waals surface area contributed by atoms with Crippen LogP contribution in [0, 0.1) is 0 Å². The fraction of sp³-hybridized carbons (Fsp3) is 0.889. The number of likely N-dealkylation sites (N-methyl/N-ethyl adjacent to an activating group) is 1. The summed E-state index contributed by atoms with van der Waals surface area (Å²) in [5.41, 5.74) is 5.20. The Hall–Kier alpha value is -0.810. The van der Waals surface area contributed by atoms with Gasteiger partial charge < -0.3 is 16.0 Å². The van der Waals surface area contributed by atoms with Crippen molar-refractivity contribution < 1.29 is 4.79 Å². The van der Waals surface area contributed by atoms with E-state index in [0.29, 0.717) is 6.04 Å². The molecule has 14 heavy (non-hydrogen) atoms. The van der Waals surface area contributed by atoms with Gasteiger partial charge in [0.2, 0.25) is 0 Å². The topological polar surface area (TPSA) is 61.6 Å². The highest BCUT2D eigenvalue weighted by Gasteiger charge is 2.21. The van der Waals surface area contributed by atoms with Crippen LogP contribution in [0.1, 0.15) is 6.92 Å². The second-order valence-corrected chi connectivity index (χ2v) is 3.77. The van der Waals surface area contributed by atoms with E-state index >= 15 is 0 Å².